The van der Waals surface area contributed by atoms with Gasteiger partial charge in [0.1, 0.15) is 11.0 Å². The Balaban J connectivity index is 1.76. The molecule has 0 bridgehead atoms. The first-order chi connectivity index (χ1) is 11.1. The molecule has 0 spiro atoms. The van der Waals surface area contributed by atoms with E-state index in [4.69, 9.17) is 11.6 Å². The number of pyridine rings is 1. The van der Waals surface area contributed by atoms with E-state index in [9.17, 15) is 4.79 Å². The second-order valence-corrected chi connectivity index (χ2v) is 5.92. The van der Waals surface area contributed by atoms with Crippen LogP contribution in [0.3, 0.4) is 0 Å². The van der Waals surface area contributed by atoms with E-state index in [1.807, 2.05) is 24.3 Å². The minimum Gasteiger partial charge on any atom is -0.308 e. The first-order valence-corrected chi connectivity index (χ1v) is 7.78. The Morgan fingerprint density at radius 1 is 1.22 bits per heavy atom. The number of nitrogens with zero attached hydrogens (tertiary/aromatic N) is 2. The van der Waals surface area contributed by atoms with Gasteiger partial charge in [0.05, 0.1) is 6.20 Å². The van der Waals surface area contributed by atoms with Gasteiger partial charge in [0.25, 0.3) is 0 Å². The Bertz CT molecular complexity index is 851. The van der Waals surface area contributed by atoms with Crippen molar-refractivity contribution in [3.63, 3.8) is 0 Å². The average Bonchev–Trinajstić information content (AvgIpc) is 2.95. The molecule has 1 aromatic carbocycles. The highest BCUT2D eigenvalue weighted by molar-refractivity contribution is 9.10. The first-order valence-electron chi connectivity index (χ1n) is 6.61. The molecule has 0 saturated heterocycles. The average molecular weight is 393 g/mol. The number of hydrogen-bond donors (Lipinski definition) is 3. The highest BCUT2D eigenvalue weighted by atomic mass is 79.9. The Morgan fingerprint density at radius 2 is 2.09 bits per heavy atom. The number of carbonyl (C=O) groups is 1. The smallest absolute Gasteiger partial charge is 0.308 e. The molecule has 3 N–H and O–H groups in total. The van der Waals surface area contributed by atoms with Crippen molar-refractivity contribution in [2.45, 2.75) is 0 Å². The van der Waals surface area contributed by atoms with Crippen LogP contribution in [0.15, 0.2) is 53.3 Å². The van der Waals surface area contributed by atoms with Crippen molar-refractivity contribution in [2.24, 2.45) is 0 Å². The van der Waals surface area contributed by atoms with Crippen LogP contribution < -0.4 is 10.6 Å². The number of anilines is 2. The Hall–Kier alpha value is -2.38. The molecule has 2 amide bonds. The second-order valence-electron chi connectivity index (χ2n) is 4.62. The van der Waals surface area contributed by atoms with E-state index >= 15 is 0 Å². The molecule has 0 radical (unpaired) electrons. The number of carbonyl (C=O) groups excluding carboxylic acids is 1. The van der Waals surface area contributed by atoms with Gasteiger partial charge in [-0.05, 0) is 29.8 Å². The highest BCUT2D eigenvalue weighted by Crippen LogP contribution is 2.28. The summed E-state index contributed by atoms with van der Waals surface area (Å²) < 4.78 is 0.943. The summed E-state index contributed by atoms with van der Waals surface area (Å²) in [6.07, 6.45) is 3.17. The molecule has 0 atom stereocenters. The van der Waals surface area contributed by atoms with Gasteiger partial charge < -0.3 is 5.32 Å². The number of aromatic nitrogens is 3. The maximum absolute atomic E-state index is 12.1. The van der Waals surface area contributed by atoms with Crippen LogP contribution in [0.25, 0.3) is 11.1 Å². The lowest BCUT2D eigenvalue weighted by Gasteiger charge is -2.08. The molecule has 23 heavy (non-hydrogen) atoms. The van der Waals surface area contributed by atoms with Crippen molar-refractivity contribution < 1.29 is 4.79 Å². The van der Waals surface area contributed by atoms with Crippen LogP contribution in [0.1, 0.15) is 0 Å². The number of amides is 2. The van der Waals surface area contributed by atoms with Gasteiger partial charge in [-0.25, -0.2) is 9.78 Å². The van der Waals surface area contributed by atoms with Crippen LogP contribution >= 0.6 is 27.5 Å². The maximum atomic E-state index is 12.1. The van der Waals surface area contributed by atoms with Crippen molar-refractivity contribution in [1.29, 1.82) is 0 Å². The minimum atomic E-state index is -0.409. The van der Waals surface area contributed by atoms with Gasteiger partial charge >= 0.3 is 6.03 Å². The molecule has 0 saturated carbocycles. The lowest BCUT2D eigenvalue weighted by atomic mass is 10.1. The van der Waals surface area contributed by atoms with Crippen molar-refractivity contribution >= 4 is 45.1 Å². The van der Waals surface area contributed by atoms with E-state index in [1.165, 1.54) is 6.20 Å². The minimum absolute atomic E-state index is 0.305. The molecule has 0 aliphatic rings. The van der Waals surface area contributed by atoms with E-state index in [0.29, 0.717) is 16.7 Å². The van der Waals surface area contributed by atoms with Gasteiger partial charge in [-0.2, -0.15) is 5.10 Å². The number of aromatic amines is 1. The zero-order valence-corrected chi connectivity index (χ0v) is 14.0. The van der Waals surface area contributed by atoms with Crippen LogP contribution in [-0.2, 0) is 0 Å². The van der Waals surface area contributed by atoms with E-state index in [-0.39, 0.29) is 0 Å². The van der Waals surface area contributed by atoms with E-state index in [1.54, 1.807) is 18.3 Å². The van der Waals surface area contributed by atoms with Gasteiger partial charge in [0, 0.05) is 21.9 Å². The fraction of sp³-hybridized carbons (Fsp3) is 0. The second kappa shape index (κ2) is 6.80. The molecular formula is C15H11BrClN5O. The topological polar surface area (TPSA) is 82.7 Å². The fourth-order valence-corrected chi connectivity index (χ4v) is 2.59. The van der Waals surface area contributed by atoms with Gasteiger partial charge in [0.15, 0.2) is 0 Å². The summed E-state index contributed by atoms with van der Waals surface area (Å²) in [6, 6.07) is 10.5. The van der Waals surface area contributed by atoms with Crippen LogP contribution in [0.5, 0.6) is 0 Å². The third kappa shape index (κ3) is 3.88. The van der Waals surface area contributed by atoms with Crippen LogP contribution in [0.2, 0.25) is 5.15 Å². The zero-order chi connectivity index (χ0) is 16.2. The van der Waals surface area contributed by atoms with E-state index in [0.717, 1.165) is 15.6 Å². The summed E-state index contributed by atoms with van der Waals surface area (Å²) in [4.78, 5) is 16.0. The standard InChI is InChI=1S/C15H11BrClN5O/c16-10-3-1-2-9(6-10)12-8-19-22-14(12)21-15(23)20-11-4-5-18-13(17)7-11/h1-8H,(H3,18,19,20,21,22,23). The molecule has 8 heteroatoms. The molecule has 0 unspecified atom stereocenters. The predicted molar refractivity (Wildman–Crippen MR) is 93.6 cm³/mol. The van der Waals surface area contributed by atoms with Crippen molar-refractivity contribution in [2.75, 3.05) is 10.6 Å². The SMILES string of the molecule is O=C(Nc1ccnc(Cl)c1)Nc1[nH]ncc1-c1cccc(Br)c1. The number of urea groups is 1. The summed E-state index contributed by atoms with van der Waals surface area (Å²) in [5.74, 6) is 0.501. The van der Waals surface area contributed by atoms with Gasteiger partial charge in [-0.15, -0.1) is 0 Å². The molecule has 0 aliphatic carbocycles. The van der Waals surface area contributed by atoms with Crippen LogP contribution in [-0.4, -0.2) is 21.2 Å². The highest BCUT2D eigenvalue weighted by Gasteiger charge is 2.11. The van der Waals surface area contributed by atoms with Gasteiger partial charge in [-0.1, -0.05) is 39.7 Å². The third-order valence-corrected chi connectivity index (χ3v) is 3.70. The van der Waals surface area contributed by atoms with Gasteiger partial charge in [-0.3, -0.25) is 10.4 Å². The Morgan fingerprint density at radius 3 is 2.87 bits per heavy atom. The Kier molecular flexibility index (Phi) is 4.59. The van der Waals surface area contributed by atoms with Crippen LogP contribution in [0.4, 0.5) is 16.3 Å². The Labute approximate surface area is 145 Å². The summed E-state index contributed by atoms with van der Waals surface area (Å²) in [5.41, 5.74) is 2.26. The maximum Gasteiger partial charge on any atom is 0.324 e. The monoisotopic (exact) mass is 391 g/mol. The van der Waals surface area contributed by atoms with Crippen molar-refractivity contribution in [3.8, 4) is 11.1 Å². The molecule has 2 heterocycles. The third-order valence-electron chi connectivity index (χ3n) is 3.00. The lowest BCUT2D eigenvalue weighted by Crippen LogP contribution is -2.20. The molecule has 116 valence electrons. The molecule has 0 fully saturated rings. The number of hydrogen-bond acceptors (Lipinski definition) is 3. The van der Waals surface area contributed by atoms with Gasteiger partial charge in [0.2, 0.25) is 0 Å². The number of rotatable bonds is 3. The van der Waals surface area contributed by atoms with Crippen molar-refractivity contribution in [3.05, 3.63) is 58.4 Å². The number of halogens is 2. The molecule has 0 aliphatic heterocycles. The predicted octanol–water partition coefficient (Wildman–Crippen LogP) is 4.53. The van der Waals surface area contributed by atoms with Crippen molar-refractivity contribution in [1.82, 2.24) is 15.2 Å². The quantitative estimate of drug-likeness (QED) is 0.573. The van der Waals surface area contributed by atoms with E-state index in [2.05, 4.69) is 41.7 Å². The fourth-order valence-electron chi connectivity index (χ4n) is 2.01. The summed E-state index contributed by atoms with van der Waals surface area (Å²) in [5, 5.41) is 12.5. The summed E-state index contributed by atoms with van der Waals surface area (Å²) in [6.45, 7) is 0. The molecule has 6 nitrogen and oxygen atoms in total. The normalized spacial score (nSPS) is 10.3. The molecule has 3 rings (SSSR count). The largest absolute Gasteiger partial charge is 0.324 e. The summed E-state index contributed by atoms with van der Waals surface area (Å²) in [7, 11) is 0. The number of benzene rings is 1. The first kappa shape index (κ1) is 15.5. The lowest BCUT2D eigenvalue weighted by molar-refractivity contribution is 0.262. The number of H-pyrrole nitrogens is 1. The molecular weight excluding hydrogens is 382 g/mol. The molecule has 3 aromatic rings. The van der Waals surface area contributed by atoms with Crippen LogP contribution in [0, 0.1) is 0 Å². The zero-order valence-electron chi connectivity index (χ0n) is 11.7. The molecule has 2 aromatic heterocycles. The summed E-state index contributed by atoms with van der Waals surface area (Å²) >= 11 is 9.21. The number of nitrogens with one attached hydrogen (secondary N) is 3. The van der Waals surface area contributed by atoms with E-state index < -0.39 is 6.03 Å².